The summed E-state index contributed by atoms with van der Waals surface area (Å²) in [6.07, 6.45) is 2.73. The summed E-state index contributed by atoms with van der Waals surface area (Å²) in [6, 6.07) is 0. The second-order valence-electron chi connectivity index (χ2n) is 3.05. The van der Waals surface area contributed by atoms with E-state index in [-0.39, 0.29) is 5.91 Å². The Labute approximate surface area is 74.7 Å². The van der Waals surface area contributed by atoms with Gasteiger partial charge >= 0.3 is 0 Å². The summed E-state index contributed by atoms with van der Waals surface area (Å²) >= 11 is 0. The monoisotopic (exact) mass is 172 g/mol. The number of rotatable bonds is 6. The van der Waals surface area contributed by atoms with Crippen molar-refractivity contribution in [1.29, 1.82) is 0 Å². The van der Waals surface area contributed by atoms with E-state index in [4.69, 9.17) is 5.73 Å². The molecule has 0 aliphatic carbocycles. The summed E-state index contributed by atoms with van der Waals surface area (Å²) < 4.78 is 0. The first kappa shape index (κ1) is 11.4. The van der Waals surface area contributed by atoms with Crippen molar-refractivity contribution in [2.45, 2.75) is 33.1 Å². The van der Waals surface area contributed by atoms with Crippen LogP contribution in [0.15, 0.2) is 0 Å². The summed E-state index contributed by atoms with van der Waals surface area (Å²) in [7, 11) is 0. The number of hydrogen-bond acceptors (Lipinski definition) is 2. The largest absolute Gasteiger partial charge is 0.356 e. The molecule has 72 valence electrons. The van der Waals surface area contributed by atoms with Gasteiger partial charge in [-0.1, -0.05) is 13.3 Å². The van der Waals surface area contributed by atoms with E-state index >= 15 is 0 Å². The van der Waals surface area contributed by atoms with Crippen LogP contribution in [0, 0.1) is 5.92 Å². The third kappa shape index (κ3) is 5.13. The fraction of sp³-hybridized carbons (Fsp3) is 0.889. The first-order valence-corrected chi connectivity index (χ1v) is 4.71. The van der Waals surface area contributed by atoms with E-state index in [0.29, 0.717) is 25.4 Å². The summed E-state index contributed by atoms with van der Waals surface area (Å²) in [6.45, 7) is 5.36. The Morgan fingerprint density at radius 3 is 2.58 bits per heavy atom. The van der Waals surface area contributed by atoms with Crippen molar-refractivity contribution < 1.29 is 4.79 Å². The Morgan fingerprint density at radius 2 is 2.17 bits per heavy atom. The van der Waals surface area contributed by atoms with Crippen LogP contribution in [0.5, 0.6) is 0 Å². The van der Waals surface area contributed by atoms with Gasteiger partial charge in [-0.2, -0.15) is 0 Å². The highest BCUT2D eigenvalue weighted by atomic mass is 16.1. The molecule has 0 heterocycles. The third-order valence-electron chi connectivity index (χ3n) is 1.88. The lowest BCUT2D eigenvalue weighted by atomic mass is 10.00. The number of carbonyl (C=O) groups is 1. The molecule has 0 aromatic carbocycles. The van der Waals surface area contributed by atoms with Crippen molar-refractivity contribution >= 4 is 5.91 Å². The van der Waals surface area contributed by atoms with Gasteiger partial charge < -0.3 is 11.1 Å². The average Bonchev–Trinajstić information content (AvgIpc) is 2.04. The van der Waals surface area contributed by atoms with Gasteiger partial charge in [-0.15, -0.1) is 0 Å². The Bertz CT molecular complexity index is 126. The molecule has 1 unspecified atom stereocenters. The number of amides is 1. The minimum absolute atomic E-state index is 0.126. The summed E-state index contributed by atoms with van der Waals surface area (Å²) in [4.78, 5) is 11.1. The van der Waals surface area contributed by atoms with E-state index in [1.54, 1.807) is 0 Å². The molecule has 0 spiro atoms. The minimum atomic E-state index is 0.126. The van der Waals surface area contributed by atoms with E-state index in [1.807, 2.05) is 6.92 Å². The summed E-state index contributed by atoms with van der Waals surface area (Å²) in [5.74, 6) is 0.489. The van der Waals surface area contributed by atoms with Gasteiger partial charge in [-0.25, -0.2) is 0 Å². The highest BCUT2D eigenvalue weighted by Gasteiger charge is 2.09. The molecular weight excluding hydrogens is 152 g/mol. The quantitative estimate of drug-likeness (QED) is 0.625. The summed E-state index contributed by atoms with van der Waals surface area (Å²) in [5.41, 5.74) is 5.52. The van der Waals surface area contributed by atoms with Crippen molar-refractivity contribution in [2.75, 3.05) is 13.1 Å². The van der Waals surface area contributed by atoms with Gasteiger partial charge in [0.2, 0.25) is 5.91 Å². The van der Waals surface area contributed by atoms with Gasteiger partial charge in [-0.05, 0) is 25.8 Å². The number of carbonyl (C=O) groups excluding carboxylic acids is 1. The second-order valence-corrected chi connectivity index (χ2v) is 3.05. The lowest BCUT2D eigenvalue weighted by Gasteiger charge is -2.12. The van der Waals surface area contributed by atoms with Crippen molar-refractivity contribution in [3.05, 3.63) is 0 Å². The zero-order chi connectivity index (χ0) is 9.40. The number of nitrogens with two attached hydrogens (primary N) is 1. The molecule has 0 aromatic heterocycles. The first-order valence-electron chi connectivity index (χ1n) is 4.71. The molecule has 0 aromatic rings. The van der Waals surface area contributed by atoms with Crippen molar-refractivity contribution in [3.8, 4) is 0 Å². The zero-order valence-corrected chi connectivity index (χ0v) is 8.10. The van der Waals surface area contributed by atoms with Crippen molar-refractivity contribution in [2.24, 2.45) is 11.7 Å². The fourth-order valence-corrected chi connectivity index (χ4v) is 1.24. The SMILES string of the molecule is CCCC(CN)CC(=O)NCC. The van der Waals surface area contributed by atoms with Crippen LogP contribution in [-0.2, 0) is 4.79 Å². The Kier molecular flexibility index (Phi) is 6.76. The van der Waals surface area contributed by atoms with Gasteiger partial charge in [0.15, 0.2) is 0 Å². The molecular formula is C9H20N2O. The molecule has 3 N–H and O–H groups in total. The zero-order valence-electron chi connectivity index (χ0n) is 8.10. The van der Waals surface area contributed by atoms with E-state index < -0.39 is 0 Å². The van der Waals surface area contributed by atoms with Crippen LogP contribution in [-0.4, -0.2) is 19.0 Å². The predicted octanol–water partition coefficient (Wildman–Crippen LogP) is 0.888. The van der Waals surface area contributed by atoms with Gasteiger partial charge in [0.25, 0.3) is 0 Å². The molecule has 12 heavy (non-hydrogen) atoms. The molecule has 0 radical (unpaired) electrons. The molecule has 0 bridgehead atoms. The minimum Gasteiger partial charge on any atom is -0.356 e. The van der Waals surface area contributed by atoms with E-state index in [1.165, 1.54) is 0 Å². The smallest absolute Gasteiger partial charge is 0.220 e. The van der Waals surface area contributed by atoms with E-state index in [0.717, 1.165) is 12.8 Å². The van der Waals surface area contributed by atoms with Crippen LogP contribution in [0.4, 0.5) is 0 Å². The predicted molar refractivity (Wildman–Crippen MR) is 50.8 cm³/mol. The number of nitrogens with one attached hydrogen (secondary N) is 1. The fourth-order valence-electron chi connectivity index (χ4n) is 1.24. The highest BCUT2D eigenvalue weighted by molar-refractivity contribution is 5.76. The molecule has 1 atom stereocenters. The van der Waals surface area contributed by atoms with E-state index in [2.05, 4.69) is 12.2 Å². The third-order valence-corrected chi connectivity index (χ3v) is 1.88. The maximum atomic E-state index is 11.1. The lowest BCUT2D eigenvalue weighted by molar-refractivity contribution is -0.121. The molecule has 3 heteroatoms. The van der Waals surface area contributed by atoms with Gasteiger partial charge in [0.05, 0.1) is 0 Å². The van der Waals surface area contributed by atoms with Crippen LogP contribution in [0.1, 0.15) is 33.1 Å². The standard InChI is InChI=1S/C9H20N2O/c1-3-5-8(7-10)6-9(12)11-4-2/h8H,3-7,10H2,1-2H3,(H,11,12). The first-order chi connectivity index (χ1) is 5.74. The van der Waals surface area contributed by atoms with Crippen molar-refractivity contribution in [3.63, 3.8) is 0 Å². The molecule has 1 amide bonds. The summed E-state index contributed by atoms with van der Waals surface area (Å²) in [5, 5.41) is 2.77. The van der Waals surface area contributed by atoms with Gasteiger partial charge in [0.1, 0.15) is 0 Å². The molecule has 3 nitrogen and oxygen atoms in total. The normalized spacial score (nSPS) is 12.6. The van der Waals surface area contributed by atoms with Gasteiger partial charge in [-0.3, -0.25) is 4.79 Å². The number of hydrogen-bond donors (Lipinski definition) is 2. The topological polar surface area (TPSA) is 55.1 Å². The van der Waals surface area contributed by atoms with Crippen LogP contribution >= 0.6 is 0 Å². The molecule has 0 rings (SSSR count). The van der Waals surface area contributed by atoms with Crippen LogP contribution in [0.25, 0.3) is 0 Å². The van der Waals surface area contributed by atoms with Crippen LogP contribution in [0.2, 0.25) is 0 Å². The molecule has 0 aliphatic rings. The Morgan fingerprint density at radius 1 is 1.50 bits per heavy atom. The Balaban J connectivity index is 3.61. The maximum absolute atomic E-state index is 11.1. The van der Waals surface area contributed by atoms with Gasteiger partial charge in [0, 0.05) is 13.0 Å². The Hall–Kier alpha value is -0.570. The highest BCUT2D eigenvalue weighted by Crippen LogP contribution is 2.08. The van der Waals surface area contributed by atoms with E-state index in [9.17, 15) is 4.79 Å². The van der Waals surface area contributed by atoms with Crippen LogP contribution < -0.4 is 11.1 Å². The lowest BCUT2D eigenvalue weighted by Crippen LogP contribution is -2.27. The second kappa shape index (κ2) is 7.10. The maximum Gasteiger partial charge on any atom is 0.220 e. The average molecular weight is 172 g/mol. The van der Waals surface area contributed by atoms with Crippen molar-refractivity contribution in [1.82, 2.24) is 5.32 Å². The molecule has 0 fully saturated rings. The van der Waals surface area contributed by atoms with Crippen LogP contribution in [0.3, 0.4) is 0 Å². The molecule has 0 saturated heterocycles. The molecule has 0 saturated carbocycles. The molecule has 0 aliphatic heterocycles.